The van der Waals surface area contributed by atoms with E-state index in [2.05, 4.69) is 12.2 Å². The first-order valence-electron chi connectivity index (χ1n) is 6.74. The van der Waals surface area contributed by atoms with E-state index in [9.17, 15) is 9.59 Å². The van der Waals surface area contributed by atoms with E-state index in [-0.39, 0.29) is 24.2 Å². The third kappa shape index (κ3) is 3.59. The summed E-state index contributed by atoms with van der Waals surface area (Å²) in [5, 5.41) is 12.0. The van der Waals surface area contributed by atoms with E-state index < -0.39 is 5.97 Å². The molecular formula is C14H20N2O3. The minimum absolute atomic E-state index is 0.0701. The maximum Gasteiger partial charge on any atom is 0.352 e. The summed E-state index contributed by atoms with van der Waals surface area (Å²) in [5.41, 5.74) is 0.146. The molecule has 0 atom stereocenters. The second-order valence-corrected chi connectivity index (χ2v) is 5.35. The van der Waals surface area contributed by atoms with E-state index in [0.29, 0.717) is 0 Å². The first-order valence-corrected chi connectivity index (χ1v) is 6.74. The smallest absolute Gasteiger partial charge is 0.352 e. The molecule has 1 heterocycles. The summed E-state index contributed by atoms with van der Waals surface area (Å²) in [5.74, 6) is -0.376. The highest BCUT2D eigenvalue weighted by atomic mass is 16.4. The first-order chi connectivity index (χ1) is 9.06. The van der Waals surface area contributed by atoms with E-state index in [1.807, 2.05) is 0 Å². The van der Waals surface area contributed by atoms with Gasteiger partial charge in [0.2, 0.25) is 5.91 Å². The summed E-state index contributed by atoms with van der Waals surface area (Å²) < 4.78 is 1.46. The number of amides is 1. The van der Waals surface area contributed by atoms with Crippen LogP contribution < -0.4 is 5.32 Å². The molecule has 1 aromatic heterocycles. The Morgan fingerprint density at radius 3 is 2.68 bits per heavy atom. The number of aromatic carboxylic acids is 1. The topological polar surface area (TPSA) is 71.3 Å². The number of carboxylic acid groups (broad SMARTS) is 1. The summed E-state index contributed by atoms with van der Waals surface area (Å²) in [6.45, 7) is 2.30. The second kappa shape index (κ2) is 5.91. The maximum atomic E-state index is 11.9. The molecule has 0 aromatic carbocycles. The predicted octanol–water partition coefficient (Wildman–Crippen LogP) is 1.88. The van der Waals surface area contributed by atoms with Gasteiger partial charge in [-0.15, -0.1) is 0 Å². The molecule has 1 aliphatic rings. The van der Waals surface area contributed by atoms with Crippen LogP contribution in [0.4, 0.5) is 0 Å². The Kier molecular flexibility index (Phi) is 4.24. The summed E-state index contributed by atoms with van der Waals surface area (Å²) in [6.07, 6.45) is 5.95. The highest BCUT2D eigenvalue weighted by molar-refractivity contribution is 5.86. The maximum absolute atomic E-state index is 11.9. The quantitative estimate of drug-likeness (QED) is 0.872. The van der Waals surface area contributed by atoms with Crippen LogP contribution in [0.5, 0.6) is 0 Å². The van der Waals surface area contributed by atoms with E-state index in [0.717, 1.165) is 31.6 Å². The first kappa shape index (κ1) is 13.6. The Bertz CT molecular complexity index is 459. The lowest BCUT2D eigenvalue weighted by atomic mass is 9.87. The molecule has 0 saturated heterocycles. The number of hydrogen-bond donors (Lipinski definition) is 2. The van der Waals surface area contributed by atoms with Gasteiger partial charge in [0.25, 0.3) is 0 Å². The molecule has 2 rings (SSSR count). The highest BCUT2D eigenvalue weighted by Crippen LogP contribution is 2.23. The molecule has 1 amide bonds. The van der Waals surface area contributed by atoms with Crippen molar-refractivity contribution in [2.45, 2.75) is 45.2 Å². The lowest BCUT2D eigenvalue weighted by molar-refractivity contribution is -0.122. The van der Waals surface area contributed by atoms with E-state index in [4.69, 9.17) is 5.11 Å². The Hall–Kier alpha value is -1.78. The van der Waals surface area contributed by atoms with Crippen molar-refractivity contribution in [2.24, 2.45) is 5.92 Å². The number of carboxylic acids is 1. The Labute approximate surface area is 112 Å². The number of hydrogen-bond acceptors (Lipinski definition) is 2. The average Bonchev–Trinajstić information content (AvgIpc) is 2.80. The zero-order valence-electron chi connectivity index (χ0n) is 11.1. The number of nitrogens with one attached hydrogen (secondary N) is 1. The lowest BCUT2D eigenvalue weighted by Crippen LogP contribution is -2.39. The minimum atomic E-state index is -1.01. The van der Waals surface area contributed by atoms with Gasteiger partial charge in [0, 0.05) is 12.2 Å². The SMILES string of the molecule is CC1CCC(NC(=O)Cn2cccc2C(=O)O)CC1. The van der Waals surface area contributed by atoms with E-state index in [1.54, 1.807) is 12.3 Å². The van der Waals surface area contributed by atoms with Crippen LogP contribution in [0.15, 0.2) is 18.3 Å². The third-order valence-corrected chi connectivity index (χ3v) is 3.74. The fourth-order valence-electron chi connectivity index (χ4n) is 2.58. The van der Waals surface area contributed by atoms with Crippen LogP contribution in [0.1, 0.15) is 43.1 Å². The average molecular weight is 264 g/mol. The monoisotopic (exact) mass is 264 g/mol. The van der Waals surface area contributed by atoms with Crippen molar-refractivity contribution in [3.8, 4) is 0 Å². The van der Waals surface area contributed by atoms with Crippen molar-refractivity contribution in [3.63, 3.8) is 0 Å². The molecule has 0 spiro atoms. The lowest BCUT2D eigenvalue weighted by Gasteiger charge is -2.27. The van der Waals surface area contributed by atoms with Gasteiger partial charge in [-0.2, -0.15) is 0 Å². The molecule has 2 N–H and O–H groups in total. The zero-order chi connectivity index (χ0) is 13.8. The summed E-state index contributed by atoms with van der Waals surface area (Å²) in [7, 11) is 0. The summed E-state index contributed by atoms with van der Waals surface area (Å²) in [4.78, 5) is 22.8. The molecule has 104 valence electrons. The number of carbonyl (C=O) groups excluding carboxylic acids is 1. The van der Waals surface area contributed by atoms with Crippen molar-refractivity contribution in [2.75, 3.05) is 0 Å². The van der Waals surface area contributed by atoms with Gasteiger partial charge in [-0.1, -0.05) is 6.92 Å². The second-order valence-electron chi connectivity index (χ2n) is 5.35. The summed E-state index contributed by atoms with van der Waals surface area (Å²) in [6, 6.07) is 3.38. The molecule has 1 fully saturated rings. The molecule has 5 nitrogen and oxygen atoms in total. The zero-order valence-corrected chi connectivity index (χ0v) is 11.1. The molecular weight excluding hydrogens is 244 g/mol. The van der Waals surface area contributed by atoms with Gasteiger partial charge in [0.1, 0.15) is 12.2 Å². The number of rotatable bonds is 4. The molecule has 19 heavy (non-hydrogen) atoms. The van der Waals surface area contributed by atoms with E-state index in [1.165, 1.54) is 10.6 Å². The Balaban J connectivity index is 1.87. The van der Waals surface area contributed by atoms with Crippen LogP contribution in [0.25, 0.3) is 0 Å². The summed E-state index contributed by atoms with van der Waals surface area (Å²) >= 11 is 0. The fraction of sp³-hybridized carbons (Fsp3) is 0.571. The molecule has 5 heteroatoms. The Morgan fingerprint density at radius 1 is 1.37 bits per heavy atom. The van der Waals surface area contributed by atoms with Crippen molar-refractivity contribution < 1.29 is 14.7 Å². The van der Waals surface area contributed by atoms with Crippen LogP contribution in [-0.2, 0) is 11.3 Å². The van der Waals surface area contributed by atoms with Crippen LogP contribution in [0.2, 0.25) is 0 Å². The fourth-order valence-corrected chi connectivity index (χ4v) is 2.58. The van der Waals surface area contributed by atoms with Crippen molar-refractivity contribution in [1.82, 2.24) is 9.88 Å². The van der Waals surface area contributed by atoms with E-state index >= 15 is 0 Å². The van der Waals surface area contributed by atoms with Gasteiger partial charge >= 0.3 is 5.97 Å². The van der Waals surface area contributed by atoms with Crippen molar-refractivity contribution >= 4 is 11.9 Å². The molecule has 0 unspecified atom stereocenters. The standard InChI is InChI=1S/C14H20N2O3/c1-10-4-6-11(7-5-10)15-13(17)9-16-8-2-3-12(16)14(18)19/h2-3,8,10-11H,4-7,9H2,1H3,(H,15,17)(H,18,19). The largest absolute Gasteiger partial charge is 0.477 e. The molecule has 0 radical (unpaired) electrons. The van der Waals surface area contributed by atoms with Crippen molar-refractivity contribution in [3.05, 3.63) is 24.0 Å². The van der Waals surface area contributed by atoms with Gasteiger partial charge in [-0.25, -0.2) is 4.79 Å². The Morgan fingerprint density at radius 2 is 2.05 bits per heavy atom. The van der Waals surface area contributed by atoms with Gasteiger partial charge in [0.05, 0.1) is 0 Å². The van der Waals surface area contributed by atoms with Crippen LogP contribution in [-0.4, -0.2) is 27.6 Å². The van der Waals surface area contributed by atoms with Crippen LogP contribution in [0, 0.1) is 5.92 Å². The number of nitrogens with zero attached hydrogens (tertiary/aromatic N) is 1. The number of carbonyl (C=O) groups is 2. The van der Waals surface area contributed by atoms with Gasteiger partial charge in [-0.05, 0) is 43.7 Å². The molecule has 1 aliphatic carbocycles. The van der Waals surface area contributed by atoms with Crippen LogP contribution >= 0.6 is 0 Å². The predicted molar refractivity (Wildman–Crippen MR) is 71.0 cm³/mol. The molecule has 0 aliphatic heterocycles. The molecule has 0 bridgehead atoms. The number of aromatic nitrogens is 1. The normalized spacial score (nSPS) is 23.0. The molecule has 1 saturated carbocycles. The van der Waals surface area contributed by atoms with Gasteiger partial charge in [0.15, 0.2) is 0 Å². The minimum Gasteiger partial charge on any atom is -0.477 e. The van der Waals surface area contributed by atoms with Crippen LogP contribution in [0.3, 0.4) is 0 Å². The molecule has 1 aromatic rings. The van der Waals surface area contributed by atoms with Crippen molar-refractivity contribution in [1.29, 1.82) is 0 Å². The van der Waals surface area contributed by atoms with Gasteiger partial charge in [-0.3, -0.25) is 4.79 Å². The highest BCUT2D eigenvalue weighted by Gasteiger charge is 2.20. The third-order valence-electron chi connectivity index (χ3n) is 3.74. The van der Waals surface area contributed by atoms with Gasteiger partial charge < -0.3 is 15.0 Å².